The maximum absolute atomic E-state index is 11.2. The van der Waals surface area contributed by atoms with Gasteiger partial charge >= 0.3 is 6.18 Å². The Balaban J connectivity index is 0. The monoisotopic (exact) mass is 260 g/mol. The van der Waals surface area contributed by atoms with Gasteiger partial charge in [0.25, 0.3) is 3.79 Å². The predicted octanol–water partition coefficient (Wildman–Crippen LogP) is 3.55. The minimum absolute atomic E-state index is 0.306. The summed E-state index contributed by atoms with van der Waals surface area (Å²) in [6.45, 7) is 4.25. The molecule has 13 heavy (non-hydrogen) atoms. The normalized spacial score (nSPS) is 12.5. The summed E-state index contributed by atoms with van der Waals surface area (Å²) < 4.78 is 30.4. The average Bonchev–Trinajstić information content (AvgIpc) is 1.84. The minimum Gasteiger partial charge on any atom is -0.396 e. The number of rotatable bonds is 1. The Labute approximate surface area is 89.8 Å². The van der Waals surface area contributed by atoms with E-state index < -0.39 is 9.97 Å². The topological polar surface area (TPSA) is 20.2 Å². The molecule has 82 valence electrons. The van der Waals surface area contributed by atoms with Gasteiger partial charge in [0.15, 0.2) is 0 Å². The smallest absolute Gasteiger partial charge is 0.396 e. The lowest BCUT2D eigenvalue weighted by atomic mass is 10.2. The van der Waals surface area contributed by atoms with E-state index >= 15 is 0 Å². The Morgan fingerprint density at radius 2 is 1.31 bits per heavy atom. The van der Waals surface area contributed by atoms with Gasteiger partial charge in [-0.15, -0.1) is 0 Å². The molecule has 0 aliphatic heterocycles. The summed E-state index contributed by atoms with van der Waals surface area (Å²) >= 11 is 13.2. The molecule has 1 nitrogen and oxygen atoms in total. The van der Waals surface area contributed by atoms with Crippen molar-refractivity contribution in [1.29, 1.82) is 0 Å². The van der Waals surface area contributed by atoms with Crippen LogP contribution in [0.4, 0.5) is 13.2 Å². The maximum Gasteiger partial charge on any atom is 0.435 e. The van der Waals surface area contributed by atoms with Gasteiger partial charge in [0.2, 0.25) is 0 Å². The number of halogens is 6. The molecule has 0 aromatic rings. The minimum atomic E-state index is -4.77. The summed E-state index contributed by atoms with van der Waals surface area (Å²) in [6, 6.07) is 0. The SMILES string of the molecule is CC(C)CO.FC(F)(F)C(Cl)(Cl)Cl. The van der Waals surface area contributed by atoms with Crippen molar-refractivity contribution in [2.24, 2.45) is 5.92 Å². The molecule has 0 heterocycles. The van der Waals surface area contributed by atoms with Crippen LogP contribution in [0.1, 0.15) is 13.8 Å². The van der Waals surface area contributed by atoms with Crippen LogP contribution in [0.3, 0.4) is 0 Å². The molecule has 0 aromatic carbocycles. The molecule has 0 aromatic heterocycles. The molecular formula is C6H10Cl3F3O. The average molecular weight is 261 g/mol. The van der Waals surface area contributed by atoms with Crippen LogP contribution in [0.15, 0.2) is 0 Å². The van der Waals surface area contributed by atoms with Crippen molar-refractivity contribution >= 4 is 34.8 Å². The highest BCUT2D eigenvalue weighted by Gasteiger charge is 2.51. The van der Waals surface area contributed by atoms with Crippen LogP contribution in [0.25, 0.3) is 0 Å². The number of hydrogen-bond donors (Lipinski definition) is 1. The van der Waals surface area contributed by atoms with E-state index in [1.54, 1.807) is 0 Å². The number of aliphatic hydroxyl groups excluding tert-OH is 1. The Kier molecular flexibility index (Phi) is 7.62. The number of alkyl halides is 6. The van der Waals surface area contributed by atoms with Crippen molar-refractivity contribution in [2.75, 3.05) is 6.61 Å². The maximum atomic E-state index is 11.2. The van der Waals surface area contributed by atoms with E-state index in [4.69, 9.17) is 5.11 Å². The van der Waals surface area contributed by atoms with Crippen LogP contribution in [0.5, 0.6) is 0 Å². The summed E-state index contributed by atoms with van der Waals surface area (Å²) in [5.74, 6) is 0.440. The zero-order chi connectivity index (χ0) is 11.3. The first kappa shape index (κ1) is 16.1. The van der Waals surface area contributed by atoms with Gasteiger partial charge < -0.3 is 5.11 Å². The van der Waals surface area contributed by atoms with Gasteiger partial charge in [-0.05, 0) is 5.92 Å². The van der Waals surface area contributed by atoms with E-state index in [9.17, 15) is 13.2 Å². The third-order valence-corrected chi connectivity index (χ3v) is 1.33. The van der Waals surface area contributed by atoms with Crippen molar-refractivity contribution in [3.05, 3.63) is 0 Å². The first-order valence-electron chi connectivity index (χ1n) is 3.26. The van der Waals surface area contributed by atoms with E-state index in [2.05, 4.69) is 34.8 Å². The zero-order valence-corrected chi connectivity index (χ0v) is 9.27. The molecule has 0 rings (SSSR count). The standard InChI is InChI=1S/C4H10O.C2Cl3F3/c1-4(2)3-5;3-1(4,5)2(6,7)8/h4-5H,3H2,1-2H3;. The molecule has 1 N–H and O–H groups in total. The van der Waals surface area contributed by atoms with Gasteiger partial charge in [-0.3, -0.25) is 0 Å². The Morgan fingerprint density at radius 3 is 1.31 bits per heavy atom. The lowest BCUT2D eigenvalue weighted by Gasteiger charge is -2.13. The molecule has 0 atom stereocenters. The van der Waals surface area contributed by atoms with Gasteiger partial charge in [-0.2, -0.15) is 13.2 Å². The molecule has 0 fully saturated rings. The van der Waals surface area contributed by atoms with Crippen molar-refractivity contribution in [3.8, 4) is 0 Å². The lowest BCUT2D eigenvalue weighted by Crippen LogP contribution is -2.27. The third kappa shape index (κ3) is 10.5. The fraction of sp³-hybridized carbons (Fsp3) is 1.00. The second-order valence-electron chi connectivity index (χ2n) is 2.57. The van der Waals surface area contributed by atoms with Crippen molar-refractivity contribution in [1.82, 2.24) is 0 Å². The molecule has 0 saturated heterocycles. The van der Waals surface area contributed by atoms with Crippen molar-refractivity contribution in [2.45, 2.75) is 23.8 Å². The van der Waals surface area contributed by atoms with Crippen molar-refractivity contribution in [3.63, 3.8) is 0 Å². The molecule has 0 unspecified atom stereocenters. The summed E-state index contributed by atoms with van der Waals surface area (Å²) in [4.78, 5) is 0. The molecule has 0 radical (unpaired) electrons. The second-order valence-corrected chi connectivity index (χ2v) is 4.85. The van der Waals surface area contributed by atoms with Gasteiger partial charge in [0.05, 0.1) is 0 Å². The highest BCUT2D eigenvalue weighted by molar-refractivity contribution is 6.68. The van der Waals surface area contributed by atoms with Crippen molar-refractivity contribution < 1.29 is 18.3 Å². The summed E-state index contributed by atoms with van der Waals surface area (Å²) in [5.41, 5.74) is 0. The van der Waals surface area contributed by atoms with Crippen LogP contribution < -0.4 is 0 Å². The highest BCUT2D eigenvalue weighted by atomic mass is 35.6. The molecule has 0 saturated carbocycles. The molecule has 0 aliphatic carbocycles. The highest BCUT2D eigenvalue weighted by Crippen LogP contribution is 2.42. The van der Waals surface area contributed by atoms with E-state index in [0.717, 1.165) is 0 Å². The molecular weight excluding hydrogens is 251 g/mol. The zero-order valence-electron chi connectivity index (χ0n) is 7.00. The summed E-state index contributed by atoms with van der Waals surface area (Å²) in [7, 11) is 0. The van der Waals surface area contributed by atoms with Gasteiger partial charge in [-0.25, -0.2) is 0 Å². The molecule has 0 aliphatic rings. The largest absolute Gasteiger partial charge is 0.435 e. The quantitative estimate of drug-likeness (QED) is 0.716. The second kappa shape index (κ2) is 6.17. The number of aliphatic hydroxyl groups is 1. The lowest BCUT2D eigenvalue weighted by molar-refractivity contribution is -0.124. The number of hydrogen-bond acceptors (Lipinski definition) is 1. The first-order chi connectivity index (χ1) is 5.52. The van der Waals surface area contributed by atoms with E-state index in [-0.39, 0.29) is 0 Å². The van der Waals surface area contributed by atoms with Crippen LogP contribution in [0.2, 0.25) is 0 Å². The van der Waals surface area contributed by atoms with E-state index in [0.29, 0.717) is 12.5 Å². The third-order valence-electron chi connectivity index (χ3n) is 0.687. The van der Waals surface area contributed by atoms with Crippen LogP contribution in [-0.2, 0) is 0 Å². The fourth-order valence-electron chi connectivity index (χ4n) is 0. The van der Waals surface area contributed by atoms with E-state index in [1.807, 2.05) is 13.8 Å². The summed E-state index contributed by atoms with van der Waals surface area (Å²) in [5, 5.41) is 8.14. The van der Waals surface area contributed by atoms with Crippen LogP contribution >= 0.6 is 34.8 Å². The van der Waals surface area contributed by atoms with Gasteiger partial charge in [0.1, 0.15) is 0 Å². The van der Waals surface area contributed by atoms with E-state index in [1.165, 1.54) is 0 Å². The molecule has 7 heteroatoms. The van der Waals surface area contributed by atoms with Crippen LogP contribution in [0, 0.1) is 5.92 Å². The summed E-state index contributed by atoms with van der Waals surface area (Å²) in [6.07, 6.45) is -4.77. The van der Waals surface area contributed by atoms with Gasteiger partial charge in [-0.1, -0.05) is 48.7 Å². The van der Waals surface area contributed by atoms with Crippen LogP contribution in [-0.4, -0.2) is 21.7 Å². The molecule has 0 amide bonds. The molecule has 0 bridgehead atoms. The fourth-order valence-corrected chi connectivity index (χ4v) is 0. The Morgan fingerprint density at radius 1 is 1.15 bits per heavy atom. The predicted molar refractivity (Wildman–Crippen MR) is 48.3 cm³/mol. The Bertz CT molecular complexity index is 118. The first-order valence-corrected chi connectivity index (χ1v) is 4.40. The molecule has 0 spiro atoms. The van der Waals surface area contributed by atoms with Gasteiger partial charge in [0, 0.05) is 6.61 Å². The Hall–Kier alpha value is 0.620.